The highest BCUT2D eigenvalue weighted by molar-refractivity contribution is 5.86. The molecule has 1 spiro atoms. The van der Waals surface area contributed by atoms with Gasteiger partial charge in [0.15, 0.2) is 11.9 Å². The highest BCUT2D eigenvalue weighted by atomic mass is 17.3. The number of methoxy groups -OCH3 is 1. The summed E-state index contributed by atoms with van der Waals surface area (Å²) in [4.78, 5) is 56.2. The van der Waals surface area contributed by atoms with Crippen LogP contribution in [-0.2, 0) is 49.5 Å². The molecule has 2 bridgehead atoms. The summed E-state index contributed by atoms with van der Waals surface area (Å²) in [5.74, 6) is -2.05. The molecule has 5 fully saturated rings. The standard InChI is InChI=1S/C26H37N3O9/c1-14-5-6-18-15(2)23(35-24-26(18)17(14)9-10-25(3,36-24)37-38-26)34-21(31)8-7-20(30)29-19(22(32)33-4)11-16-12-27-13-28-16/h12-15,17-19,23-24H,5-11H2,1-4H3,(H,27,28)(H,29,30)/t14-,15-,17+,18+,19+,23-,24-,25+,26+/m1/s1. The number of hydrogen-bond donors (Lipinski definition) is 2. The maximum atomic E-state index is 12.8. The molecular weight excluding hydrogens is 498 g/mol. The summed E-state index contributed by atoms with van der Waals surface area (Å²) >= 11 is 0. The quantitative estimate of drug-likeness (QED) is 0.375. The molecule has 210 valence electrons. The largest absolute Gasteiger partial charge is 0.467 e. The molecule has 0 radical (unpaired) electrons. The second kappa shape index (κ2) is 10.6. The zero-order valence-corrected chi connectivity index (χ0v) is 22.3. The van der Waals surface area contributed by atoms with Crippen molar-refractivity contribution in [1.29, 1.82) is 0 Å². The van der Waals surface area contributed by atoms with Crippen LogP contribution >= 0.6 is 0 Å². The SMILES string of the molecule is COC(=O)[C@H](Cc1cnc[nH]1)NC(=O)CCC(=O)O[C@@H]1O[C@@H]2O[C@]3(C)CC[C@H]4[C@H](C)CC[C@@H]([C@H]1C)[C@]24OO3. The first-order valence-corrected chi connectivity index (χ1v) is 13.4. The lowest BCUT2D eigenvalue weighted by molar-refractivity contribution is -0.576. The van der Waals surface area contributed by atoms with Crippen LogP contribution in [0.1, 0.15) is 65.0 Å². The molecule has 1 aromatic heterocycles. The van der Waals surface area contributed by atoms with E-state index in [4.69, 9.17) is 28.7 Å². The first-order valence-electron chi connectivity index (χ1n) is 13.4. The van der Waals surface area contributed by atoms with Gasteiger partial charge < -0.3 is 29.2 Å². The summed E-state index contributed by atoms with van der Waals surface area (Å²) in [5, 5.41) is 2.62. The Morgan fingerprint density at radius 3 is 2.74 bits per heavy atom. The summed E-state index contributed by atoms with van der Waals surface area (Å²) in [6, 6.07) is -0.908. The van der Waals surface area contributed by atoms with Gasteiger partial charge in [0, 0.05) is 43.0 Å². The minimum atomic E-state index is -0.920. The lowest BCUT2D eigenvalue weighted by Crippen LogP contribution is -2.70. The van der Waals surface area contributed by atoms with E-state index in [1.54, 1.807) is 6.20 Å². The monoisotopic (exact) mass is 535 g/mol. The molecule has 1 saturated carbocycles. The second-order valence-electron chi connectivity index (χ2n) is 11.2. The van der Waals surface area contributed by atoms with Gasteiger partial charge in [-0.25, -0.2) is 19.6 Å². The Bertz CT molecular complexity index is 1040. The summed E-state index contributed by atoms with van der Waals surface area (Å²) in [5.41, 5.74) is -0.0775. The normalized spacial score (nSPS) is 38.4. The third-order valence-electron chi connectivity index (χ3n) is 8.70. The fraction of sp³-hybridized carbons (Fsp3) is 0.769. The van der Waals surface area contributed by atoms with Gasteiger partial charge in [0.25, 0.3) is 0 Å². The van der Waals surface area contributed by atoms with E-state index < -0.39 is 47.9 Å². The van der Waals surface area contributed by atoms with Crippen LogP contribution in [0, 0.1) is 23.7 Å². The van der Waals surface area contributed by atoms with Crippen LogP contribution in [0.15, 0.2) is 12.5 Å². The van der Waals surface area contributed by atoms with Crippen molar-refractivity contribution in [2.45, 2.75) is 95.7 Å². The molecule has 6 rings (SSSR count). The van der Waals surface area contributed by atoms with Crippen LogP contribution in [0.4, 0.5) is 0 Å². The van der Waals surface area contributed by atoms with Crippen molar-refractivity contribution < 1.29 is 43.1 Å². The van der Waals surface area contributed by atoms with Gasteiger partial charge in [0.1, 0.15) is 6.04 Å². The van der Waals surface area contributed by atoms with E-state index in [-0.39, 0.29) is 37.0 Å². The van der Waals surface area contributed by atoms with Crippen molar-refractivity contribution in [1.82, 2.24) is 15.3 Å². The highest BCUT2D eigenvalue weighted by Crippen LogP contribution is 2.60. The second-order valence-corrected chi connectivity index (χ2v) is 11.2. The Morgan fingerprint density at radius 2 is 2.00 bits per heavy atom. The van der Waals surface area contributed by atoms with Crippen molar-refractivity contribution >= 4 is 17.8 Å². The summed E-state index contributed by atoms with van der Waals surface area (Å²) in [7, 11) is 1.25. The first-order chi connectivity index (χ1) is 18.1. The molecule has 1 aromatic rings. The number of rotatable bonds is 8. The van der Waals surface area contributed by atoms with Crippen molar-refractivity contribution in [3.63, 3.8) is 0 Å². The van der Waals surface area contributed by atoms with Gasteiger partial charge in [0.2, 0.25) is 18.0 Å². The molecule has 4 aliphatic heterocycles. The molecule has 12 nitrogen and oxygen atoms in total. The van der Waals surface area contributed by atoms with Crippen molar-refractivity contribution in [3.05, 3.63) is 18.2 Å². The van der Waals surface area contributed by atoms with Crippen LogP contribution in [0.2, 0.25) is 0 Å². The van der Waals surface area contributed by atoms with E-state index >= 15 is 0 Å². The smallest absolute Gasteiger partial charge is 0.328 e. The summed E-state index contributed by atoms with van der Waals surface area (Å²) in [6.45, 7) is 6.07. The third-order valence-corrected chi connectivity index (χ3v) is 8.70. The molecule has 1 aliphatic carbocycles. The molecule has 1 amide bonds. The molecule has 5 heterocycles. The van der Waals surface area contributed by atoms with Crippen molar-refractivity contribution in [2.24, 2.45) is 23.7 Å². The van der Waals surface area contributed by atoms with Gasteiger partial charge >= 0.3 is 11.9 Å². The molecule has 12 heteroatoms. The van der Waals surface area contributed by atoms with E-state index in [0.717, 1.165) is 19.3 Å². The maximum absolute atomic E-state index is 12.8. The number of fused-ring (bicyclic) bond motifs is 2. The highest BCUT2D eigenvalue weighted by Gasteiger charge is 2.69. The van der Waals surface area contributed by atoms with E-state index in [2.05, 4.69) is 22.2 Å². The van der Waals surface area contributed by atoms with Gasteiger partial charge in [-0.3, -0.25) is 9.59 Å². The average molecular weight is 536 g/mol. The van der Waals surface area contributed by atoms with E-state index in [1.807, 2.05) is 13.8 Å². The van der Waals surface area contributed by atoms with E-state index in [1.165, 1.54) is 13.4 Å². The summed E-state index contributed by atoms with van der Waals surface area (Å²) < 4.78 is 23.1. The number of aromatic nitrogens is 2. The van der Waals surface area contributed by atoms with Crippen molar-refractivity contribution in [2.75, 3.05) is 7.11 Å². The molecule has 9 atom stereocenters. The summed E-state index contributed by atoms with van der Waals surface area (Å²) in [6.07, 6.45) is 4.86. The fourth-order valence-electron chi connectivity index (χ4n) is 6.63. The molecule has 5 aliphatic rings. The number of H-pyrrole nitrogens is 1. The Hall–Kier alpha value is -2.54. The zero-order chi connectivity index (χ0) is 27.1. The Balaban J connectivity index is 1.19. The maximum Gasteiger partial charge on any atom is 0.328 e. The number of amides is 1. The molecular formula is C26H37N3O9. The number of esters is 2. The molecule has 0 unspecified atom stereocenters. The molecule has 38 heavy (non-hydrogen) atoms. The molecule has 0 aromatic carbocycles. The number of nitrogens with one attached hydrogen (secondary N) is 2. The van der Waals surface area contributed by atoms with Gasteiger partial charge in [-0.15, -0.1) is 0 Å². The van der Waals surface area contributed by atoms with Crippen molar-refractivity contribution in [3.8, 4) is 0 Å². The number of imidazole rings is 1. The Morgan fingerprint density at radius 1 is 1.18 bits per heavy atom. The van der Waals surface area contributed by atoms with Crippen LogP contribution < -0.4 is 5.32 Å². The van der Waals surface area contributed by atoms with E-state index in [0.29, 0.717) is 18.0 Å². The number of ether oxygens (including phenoxy) is 4. The van der Waals surface area contributed by atoms with Gasteiger partial charge in [-0.2, -0.15) is 0 Å². The van der Waals surface area contributed by atoms with Gasteiger partial charge in [0.05, 0.1) is 19.9 Å². The van der Waals surface area contributed by atoms with E-state index in [9.17, 15) is 14.4 Å². The Labute approximate surface area is 221 Å². The Kier molecular flexibility index (Phi) is 7.51. The zero-order valence-electron chi connectivity index (χ0n) is 22.3. The number of hydrogen-bond acceptors (Lipinski definition) is 10. The number of carbonyl (C=O) groups excluding carboxylic acids is 3. The van der Waals surface area contributed by atoms with Crippen LogP contribution in [0.3, 0.4) is 0 Å². The average Bonchev–Trinajstić information content (AvgIpc) is 3.30. The molecule has 4 saturated heterocycles. The number of carbonyl (C=O) groups is 3. The lowest BCUT2D eigenvalue weighted by Gasteiger charge is -2.59. The first kappa shape index (κ1) is 27.0. The molecule has 2 N–H and O–H groups in total. The third kappa shape index (κ3) is 4.94. The fourth-order valence-corrected chi connectivity index (χ4v) is 6.63. The minimum absolute atomic E-state index is 0.0227. The lowest BCUT2D eigenvalue weighted by atomic mass is 9.58. The van der Waals surface area contributed by atoms with Crippen LogP contribution in [0.25, 0.3) is 0 Å². The van der Waals surface area contributed by atoms with Gasteiger partial charge in [-0.05, 0) is 38.0 Å². The topological polar surface area (TPSA) is 147 Å². The van der Waals surface area contributed by atoms with Gasteiger partial charge in [-0.1, -0.05) is 13.8 Å². The van der Waals surface area contributed by atoms with Crippen LogP contribution in [-0.4, -0.2) is 64.9 Å². The predicted octanol–water partition coefficient (Wildman–Crippen LogP) is 2.14. The number of aromatic amines is 1. The predicted molar refractivity (Wildman–Crippen MR) is 128 cm³/mol. The minimum Gasteiger partial charge on any atom is -0.467 e. The van der Waals surface area contributed by atoms with Crippen LogP contribution in [0.5, 0.6) is 0 Å². The number of nitrogens with zero attached hydrogens (tertiary/aromatic N) is 1.